The summed E-state index contributed by atoms with van der Waals surface area (Å²) in [5, 5.41) is 0. The Hall–Kier alpha value is -1.84. The van der Waals surface area contributed by atoms with Crippen molar-refractivity contribution in [3.63, 3.8) is 0 Å². The second-order valence-electron chi connectivity index (χ2n) is 4.49. The smallest absolute Gasteiger partial charge is 0.243 e. The molecule has 0 saturated heterocycles. The molecule has 5 nitrogen and oxygen atoms in total. The van der Waals surface area contributed by atoms with Crippen molar-refractivity contribution >= 4 is 21.6 Å². The molecule has 21 heavy (non-hydrogen) atoms. The van der Waals surface area contributed by atoms with E-state index in [2.05, 4.69) is 5.92 Å². The topological polar surface area (TPSA) is 57.7 Å². The van der Waals surface area contributed by atoms with Gasteiger partial charge in [0.1, 0.15) is 5.75 Å². The van der Waals surface area contributed by atoms with E-state index in [1.54, 1.807) is 38.1 Å². The number of carbonyl (C=O) groups excluding carboxylic acids is 1. The van der Waals surface area contributed by atoms with Gasteiger partial charge in [0.25, 0.3) is 0 Å². The molecule has 0 unspecified atom stereocenters. The molecule has 1 rings (SSSR count). The molecule has 1 aromatic rings. The highest BCUT2D eigenvalue weighted by Crippen LogP contribution is 2.15. The second-order valence-corrected chi connectivity index (χ2v) is 6.46. The third kappa shape index (κ3) is 4.31. The van der Waals surface area contributed by atoms with Crippen LogP contribution in [0.3, 0.4) is 0 Å². The van der Waals surface area contributed by atoms with Gasteiger partial charge in [0.05, 0.1) is 0 Å². The van der Waals surface area contributed by atoms with Crippen LogP contribution in [0.25, 0.3) is 0 Å². The Bertz CT molecular complexity index is 643. The van der Waals surface area contributed by atoms with Gasteiger partial charge in [-0.1, -0.05) is 25.8 Å². The number of anilines is 1. The highest BCUT2D eigenvalue weighted by Gasteiger charge is 2.25. The van der Waals surface area contributed by atoms with E-state index in [1.165, 1.54) is 16.3 Å². The molecule has 0 bridgehead atoms. The van der Waals surface area contributed by atoms with E-state index >= 15 is 0 Å². The molecule has 0 aliphatic heterocycles. The van der Waals surface area contributed by atoms with Crippen molar-refractivity contribution in [1.29, 1.82) is 0 Å². The Morgan fingerprint density at radius 3 is 2.43 bits per heavy atom. The summed E-state index contributed by atoms with van der Waals surface area (Å²) in [5.41, 5.74) is 1.21. The molecule has 0 fully saturated rings. The quantitative estimate of drug-likeness (QED) is 0.744. The maximum atomic E-state index is 12.2. The largest absolute Gasteiger partial charge is 0.315 e. The van der Waals surface area contributed by atoms with E-state index in [0.29, 0.717) is 24.3 Å². The summed E-state index contributed by atoms with van der Waals surface area (Å²) in [5.74, 6) is 1.44. The van der Waals surface area contributed by atoms with Crippen LogP contribution >= 0.6 is 0 Å². The molecule has 114 valence electrons. The molecule has 0 aromatic heterocycles. The SMILES string of the molecule is C#Cc1cccc(N(C)C(=O)CS(=O)(=O)N(CC)CC)c1. The van der Waals surface area contributed by atoms with Crippen LogP contribution < -0.4 is 4.90 Å². The second kappa shape index (κ2) is 7.25. The van der Waals surface area contributed by atoms with Crippen molar-refractivity contribution < 1.29 is 13.2 Å². The molecule has 6 heteroatoms. The van der Waals surface area contributed by atoms with E-state index in [4.69, 9.17) is 6.42 Å². The zero-order chi connectivity index (χ0) is 16.0. The minimum Gasteiger partial charge on any atom is -0.315 e. The predicted molar refractivity (Wildman–Crippen MR) is 84.5 cm³/mol. The lowest BCUT2D eigenvalue weighted by Crippen LogP contribution is -2.40. The number of amides is 1. The molecule has 1 amide bonds. The molecule has 0 atom stereocenters. The van der Waals surface area contributed by atoms with Gasteiger partial charge in [-0.25, -0.2) is 12.7 Å². The minimum atomic E-state index is -3.59. The molecule has 0 aliphatic rings. The minimum absolute atomic E-state index is 0.350. The van der Waals surface area contributed by atoms with Crippen molar-refractivity contribution in [2.45, 2.75) is 13.8 Å². The first-order valence-corrected chi connectivity index (χ1v) is 8.27. The average Bonchev–Trinajstić information content (AvgIpc) is 2.46. The molecule has 1 aromatic carbocycles. The number of hydrogen-bond acceptors (Lipinski definition) is 3. The van der Waals surface area contributed by atoms with Crippen molar-refractivity contribution in [2.75, 3.05) is 30.8 Å². The van der Waals surface area contributed by atoms with Gasteiger partial charge >= 0.3 is 0 Å². The summed E-state index contributed by atoms with van der Waals surface area (Å²) in [6.07, 6.45) is 5.32. The van der Waals surface area contributed by atoms with E-state index in [1.807, 2.05) is 0 Å². The van der Waals surface area contributed by atoms with Gasteiger partial charge in [0.15, 0.2) is 0 Å². The number of benzene rings is 1. The molecular formula is C15H20N2O3S. The van der Waals surface area contributed by atoms with Crippen LogP contribution in [0.15, 0.2) is 24.3 Å². The van der Waals surface area contributed by atoms with Crippen LogP contribution in [-0.2, 0) is 14.8 Å². The normalized spacial score (nSPS) is 11.2. The Balaban J connectivity index is 2.91. The lowest BCUT2D eigenvalue weighted by molar-refractivity contribution is -0.116. The fraction of sp³-hybridized carbons (Fsp3) is 0.400. The Kier molecular flexibility index (Phi) is 5.94. The summed E-state index contributed by atoms with van der Waals surface area (Å²) in [4.78, 5) is 13.5. The summed E-state index contributed by atoms with van der Waals surface area (Å²) in [6.45, 7) is 4.18. The number of nitrogens with zero attached hydrogens (tertiary/aromatic N) is 2. The fourth-order valence-corrected chi connectivity index (χ4v) is 3.38. The zero-order valence-corrected chi connectivity index (χ0v) is 13.4. The lowest BCUT2D eigenvalue weighted by Gasteiger charge is -2.21. The van der Waals surface area contributed by atoms with Crippen molar-refractivity contribution in [3.8, 4) is 12.3 Å². The third-order valence-corrected chi connectivity index (χ3v) is 5.09. The van der Waals surface area contributed by atoms with E-state index in [9.17, 15) is 13.2 Å². The maximum absolute atomic E-state index is 12.2. The summed E-state index contributed by atoms with van der Waals surface area (Å²) < 4.78 is 25.5. The van der Waals surface area contributed by atoms with E-state index in [-0.39, 0.29) is 0 Å². The van der Waals surface area contributed by atoms with E-state index < -0.39 is 21.7 Å². The van der Waals surface area contributed by atoms with Gasteiger partial charge in [0.2, 0.25) is 15.9 Å². The fourth-order valence-electron chi connectivity index (χ4n) is 1.91. The molecular weight excluding hydrogens is 288 g/mol. The van der Waals surface area contributed by atoms with Crippen LogP contribution in [0.4, 0.5) is 5.69 Å². The number of rotatable bonds is 6. The van der Waals surface area contributed by atoms with E-state index in [0.717, 1.165) is 0 Å². The van der Waals surface area contributed by atoms with Gasteiger partial charge in [0, 0.05) is 31.4 Å². The summed E-state index contributed by atoms with van der Waals surface area (Å²) in [7, 11) is -2.05. The van der Waals surface area contributed by atoms with Crippen LogP contribution in [0.1, 0.15) is 19.4 Å². The number of terminal acetylenes is 1. The van der Waals surface area contributed by atoms with Crippen molar-refractivity contribution in [1.82, 2.24) is 4.31 Å². The van der Waals surface area contributed by atoms with Crippen molar-refractivity contribution in [3.05, 3.63) is 29.8 Å². The summed E-state index contributed by atoms with van der Waals surface area (Å²) >= 11 is 0. The summed E-state index contributed by atoms with van der Waals surface area (Å²) in [6, 6.07) is 6.85. The first-order chi connectivity index (χ1) is 9.85. The van der Waals surface area contributed by atoms with Crippen molar-refractivity contribution in [2.24, 2.45) is 0 Å². The van der Waals surface area contributed by atoms with Gasteiger partial charge in [-0.15, -0.1) is 6.42 Å². The van der Waals surface area contributed by atoms with Crippen LogP contribution in [0.5, 0.6) is 0 Å². The lowest BCUT2D eigenvalue weighted by atomic mass is 10.2. The molecule has 0 spiro atoms. The number of hydrogen-bond donors (Lipinski definition) is 0. The zero-order valence-electron chi connectivity index (χ0n) is 12.5. The van der Waals surface area contributed by atoms with Crippen LogP contribution in [0, 0.1) is 12.3 Å². The van der Waals surface area contributed by atoms with Crippen LogP contribution in [-0.4, -0.2) is 44.5 Å². The predicted octanol–water partition coefficient (Wildman–Crippen LogP) is 1.30. The molecule has 0 aliphatic carbocycles. The highest BCUT2D eigenvalue weighted by atomic mass is 32.2. The molecule has 0 saturated carbocycles. The van der Waals surface area contributed by atoms with Gasteiger partial charge in [-0.3, -0.25) is 4.79 Å². The number of sulfonamides is 1. The Morgan fingerprint density at radius 2 is 1.90 bits per heavy atom. The molecule has 0 N–H and O–H groups in total. The van der Waals surface area contributed by atoms with Crippen LogP contribution in [0.2, 0.25) is 0 Å². The average molecular weight is 308 g/mol. The monoisotopic (exact) mass is 308 g/mol. The van der Waals surface area contributed by atoms with Gasteiger partial charge < -0.3 is 4.90 Å². The molecule has 0 radical (unpaired) electrons. The Morgan fingerprint density at radius 1 is 1.29 bits per heavy atom. The standard InChI is InChI=1S/C15H20N2O3S/c1-5-13-9-8-10-14(11-13)16(4)15(18)12-21(19,20)17(6-2)7-3/h1,8-11H,6-7,12H2,2-4H3. The maximum Gasteiger partial charge on any atom is 0.243 e. The van der Waals surface area contributed by atoms with Gasteiger partial charge in [-0.05, 0) is 18.2 Å². The number of carbonyl (C=O) groups is 1. The molecule has 0 heterocycles. The third-order valence-electron chi connectivity index (χ3n) is 3.18. The first-order valence-electron chi connectivity index (χ1n) is 6.66. The van der Waals surface area contributed by atoms with Gasteiger partial charge in [-0.2, -0.15) is 0 Å². The first kappa shape index (κ1) is 17.2. The Labute approximate surface area is 126 Å². The highest BCUT2D eigenvalue weighted by molar-refractivity contribution is 7.89.